The van der Waals surface area contributed by atoms with Crippen molar-refractivity contribution in [3.63, 3.8) is 0 Å². The molecule has 1 heterocycles. The maximum atomic E-state index is 12.3. The van der Waals surface area contributed by atoms with E-state index in [9.17, 15) is 18.0 Å². The van der Waals surface area contributed by atoms with Gasteiger partial charge in [0.2, 0.25) is 0 Å². The Morgan fingerprint density at radius 2 is 2.00 bits per heavy atom. The number of nitrogens with zero attached hydrogens (tertiary/aromatic N) is 1. The average molecular weight is 338 g/mol. The molecular weight excluding hydrogens is 309 g/mol. The van der Waals surface area contributed by atoms with Crippen molar-refractivity contribution in [2.24, 2.45) is 5.92 Å². The first-order chi connectivity index (χ1) is 10.5. The summed E-state index contributed by atoms with van der Waals surface area (Å²) in [6, 6.07) is 0.00906. The van der Waals surface area contributed by atoms with Crippen LogP contribution in [0.25, 0.3) is 0 Å². The van der Waals surface area contributed by atoms with Gasteiger partial charge in [0, 0.05) is 25.6 Å². The second-order valence-electron chi connectivity index (χ2n) is 7.15. The Kier molecular flexibility index (Phi) is 7.17. The first-order valence-corrected chi connectivity index (χ1v) is 8.30. The second-order valence-corrected chi connectivity index (χ2v) is 7.15. The van der Waals surface area contributed by atoms with Gasteiger partial charge in [-0.3, -0.25) is 0 Å². The Bertz CT molecular complexity index is 381. The summed E-state index contributed by atoms with van der Waals surface area (Å²) in [5, 5.41) is 3.27. The van der Waals surface area contributed by atoms with E-state index in [0.29, 0.717) is 26.1 Å². The summed E-state index contributed by atoms with van der Waals surface area (Å²) in [5.41, 5.74) is -0.539. The SMILES string of the molecule is CCNC(CCCC(F)(F)F)C1CCN(C(=O)OC(C)(C)C)C1. The Balaban J connectivity index is 2.50. The molecule has 0 aromatic heterocycles. The van der Waals surface area contributed by atoms with E-state index in [0.717, 1.165) is 6.42 Å². The number of nitrogens with one attached hydrogen (secondary N) is 1. The average Bonchev–Trinajstić information content (AvgIpc) is 2.83. The molecule has 0 saturated carbocycles. The van der Waals surface area contributed by atoms with Gasteiger partial charge in [0.25, 0.3) is 0 Å². The molecule has 0 aromatic carbocycles. The third-order valence-corrected chi connectivity index (χ3v) is 3.89. The fraction of sp³-hybridized carbons (Fsp3) is 0.938. The fourth-order valence-corrected chi connectivity index (χ4v) is 2.90. The third-order valence-electron chi connectivity index (χ3n) is 3.89. The summed E-state index contributed by atoms with van der Waals surface area (Å²) in [4.78, 5) is 13.7. The molecule has 1 fully saturated rings. The van der Waals surface area contributed by atoms with Crippen LogP contribution in [0, 0.1) is 5.92 Å². The molecule has 1 saturated heterocycles. The van der Waals surface area contributed by atoms with E-state index in [1.54, 1.807) is 4.90 Å². The van der Waals surface area contributed by atoms with Crippen molar-refractivity contribution in [1.29, 1.82) is 0 Å². The first-order valence-electron chi connectivity index (χ1n) is 8.30. The van der Waals surface area contributed by atoms with Gasteiger partial charge in [-0.05, 0) is 52.5 Å². The molecule has 0 spiro atoms. The zero-order valence-corrected chi connectivity index (χ0v) is 14.5. The molecule has 0 bridgehead atoms. The minimum absolute atomic E-state index is 0.00906. The van der Waals surface area contributed by atoms with Crippen LogP contribution in [0.5, 0.6) is 0 Å². The Hall–Kier alpha value is -0.980. The number of carbonyl (C=O) groups excluding carboxylic acids is 1. The number of hydrogen-bond donors (Lipinski definition) is 1. The summed E-state index contributed by atoms with van der Waals surface area (Å²) in [5.74, 6) is 0.177. The van der Waals surface area contributed by atoms with Gasteiger partial charge in [-0.25, -0.2) is 4.79 Å². The standard InChI is InChI=1S/C16H29F3N2O2/c1-5-20-13(7-6-9-16(17,18)19)12-8-10-21(11-12)14(22)23-15(2,3)4/h12-13,20H,5-11H2,1-4H3. The first kappa shape index (κ1) is 20.1. The van der Waals surface area contributed by atoms with Crippen molar-refractivity contribution in [3.05, 3.63) is 0 Å². The lowest BCUT2D eigenvalue weighted by Crippen LogP contribution is -2.40. The summed E-state index contributed by atoms with van der Waals surface area (Å²) >= 11 is 0. The lowest BCUT2D eigenvalue weighted by atomic mass is 9.94. The lowest BCUT2D eigenvalue weighted by molar-refractivity contribution is -0.136. The number of amides is 1. The van der Waals surface area contributed by atoms with Crippen LogP contribution in [0.1, 0.15) is 53.4 Å². The number of rotatable bonds is 6. The Labute approximate surface area is 136 Å². The molecule has 0 radical (unpaired) electrons. The van der Waals surface area contributed by atoms with Gasteiger partial charge in [-0.2, -0.15) is 13.2 Å². The third kappa shape index (κ3) is 7.90. The van der Waals surface area contributed by atoms with Crippen LogP contribution in [-0.4, -0.2) is 48.4 Å². The zero-order valence-electron chi connectivity index (χ0n) is 14.5. The Morgan fingerprint density at radius 3 is 2.52 bits per heavy atom. The van der Waals surface area contributed by atoms with E-state index < -0.39 is 18.2 Å². The largest absolute Gasteiger partial charge is 0.444 e. The van der Waals surface area contributed by atoms with Crippen molar-refractivity contribution in [1.82, 2.24) is 10.2 Å². The van der Waals surface area contributed by atoms with Gasteiger partial charge in [-0.15, -0.1) is 0 Å². The number of carbonyl (C=O) groups is 1. The van der Waals surface area contributed by atoms with E-state index >= 15 is 0 Å². The van der Waals surface area contributed by atoms with Crippen molar-refractivity contribution in [3.8, 4) is 0 Å². The predicted octanol–water partition coefficient (Wildman–Crippen LogP) is 3.95. The van der Waals surface area contributed by atoms with Crippen LogP contribution in [0.2, 0.25) is 0 Å². The van der Waals surface area contributed by atoms with E-state index in [4.69, 9.17) is 4.74 Å². The van der Waals surface area contributed by atoms with Crippen molar-refractivity contribution in [2.75, 3.05) is 19.6 Å². The zero-order chi connectivity index (χ0) is 17.7. The molecule has 2 unspecified atom stereocenters. The molecule has 1 aliphatic heterocycles. The van der Waals surface area contributed by atoms with E-state index in [1.807, 2.05) is 27.7 Å². The molecule has 4 nitrogen and oxygen atoms in total. The van der Waals surface area contributed by atoms with Crippen molar-refractivity contribution in [2.45, 2.75) is 71.2 Å². The van der Waals surface area contributed by atoms with Crippen LogP contribution in [0.3, 0.4) is 0 Å². The molecule has 0 aliphatic carbocycles. The predicted molar refractivity (Wildman–Crippen MR) is 83.3 cm³/mol. The summed E-state index contributed by atoms with van der Waals surface area (Å²) in [6.07, 6.45) is -3.81. The summed E-state index contributed by atoms with van der Waals surface area (Å²) in [7, 11) is 0. The highest BCUT2D eigenvalue weighted by Crippen LogP contribution is 2.27. The number of alkyl halides is 3. The smallest absolute Gasteiger partial charge is 0.410 e. The summed E-state index contributed by atoms with van der Waals surface area (Å²) < 4.78 is 42.3. The van der Waals surface area contributed by atoms with Crippen molar-refractivity contribution >= 4 is 6.09 Å². The minimum atomic E-state index is -4.10. The van der Waals surface area contributed by atoms with Gasteiger partial charge >= 0.3 is 12.3 Å². The molecular formula is C16H29F3N2O2. The minimum Gasteiger partial charge on any atom is -0.444 e. The van der Waals surface area contributed by atoms with Gasteiger partial charge in [0.1, 0.15) is 5.60 Å². The van der Waals surface area contributed by atoms with Crippen LogP contribution in [-0.2, 0) is 4.74 Å². The second kappa shape index (κ2) is 8.22. The maximum absolute atomic E-state index is 12.3. The molecule has 1 amide bonds. The summed E-state index contributed by atoms with van der Waals surface area (Å²) in [6.45, 7) is 9.24. The van der Waals surface area contributed by atoms with Crippen LogP contribution >= 0.6 is 0 Å². The van der Waals surface area contributed by atoms with Gasteiger partial charge in [0.15, 0.2) is 0 Å². The van der Waals surface area contributed by atoms with Crippen LogP contribution in [0.4, 0.5) is 18.0 Å². The molecule has 2 atom stereocenters. The highest BCUT2D eigenvalue weighted by atomic mass is 19.4. The van der Waals surface area contributed by atoms with Gasteiger partial charge < -0.3 is 15.0 Å². The molecule has 0 aromatic rings. The number of halogens is 3. The van der Waals surface area contributed by atoms with E-state index in [1.165, 1.54) is 0 Å². The molecule has 1 N–H and O–H groups in total. The van der Waals surface area contributed by atoms with E-state index in [2.05, 4.69) is 5.32 Å². The quantitative estimate of drug-likeness (QED) is 0.797. The number of likely N-dealkylation sites (tertiary alicyclic amines) is 1. The molecule has 7 heteroatoms. The van der Waals surface area contributed by atoms with E-state index in [-0.39, 0.29) is 24.5 Å². The van der Waals surface area contributed by atoms with Crippen molar-refractivity contribution < 1.29 is 22.7 Å². The lowest BCUT2D eigenvalue weighted by Gasteiger charge is -2.27. The van der Waals surface area contributed by atoms with Gasteiger partial charge in [-0.1, -0.05) is 6.92 Å². The topological polar surface area (TPSA) is 41.6 Å². The molecule has 1 rings (SSSR count). The molecule has 23 heavy (non-hydrogen) atoms. The number of hydrogen-bond acceptors (Lipinski definition) is 3. The maximum Gasteiger partial charge on any atom is 0.410 e. The molecule has 1 aliphatic rings. The molecule has 136 valence electrons. The fourth-order valence-electron chi connectivity index (χ4n) is 2.90. The monoisotopic (exact) mass is 338 g/mol. The number of ether oxygens (including phenoxy) is 1. The van der Waals surface area contributed by atoms with Gasteiger partial charge in [0.05, 0.1) is 0 Å². The normalized spacial score (nSPS) is 20.7. The Morgan fingerprint density at radius 1 is 1.35 bits per heavy atom. The highest BCUT2D eigenvalue weighted by Gasteiger charge is 2.34. The van der Waals surface area contributed by atoms with Crippen LogP contribution < -0.4 is 5.32 Å². The van der Waals surface area contributed by atoms with Crippen LogP contribution in [0.15, 0.2) is 0 Å². The highest BCUT2D eigenvalue weighted by molar-refractivity contribution is 5.68.